The highest BCUT2D eigenvalue weighted by Gasteiger charge is 2.10. The molecule has 1 aromatic carbocycles. The van der Waals surface area contributed by atoms with Crippen molar-refractivity contribution in [3.8, 4) is 0 Å². The van der Waals surface area contributed by atoms with E-state index in [0.29, 0.717) is 12.3 Å². The molecule has 1 aromatic heterocycles. The van der Waals surface area contributed by atoms with Crippen molar-refractivity contribution in [2.75, 3.05) is 5.32 Å². The molecule has 0 saturated carbocycles. The molecule has 0 aliphatic carbocycles. The molecule has 0 fully saturated rings. The zero-order chi connectivity index (χ0) is 15.9. The normalized spacial score (nSPS) is 12.0. The number of hydrogen-bond donors (Lipinski definition) is 1. The molecule has 2 aromatic rings. The van der Waals surface area contributed by atoms with Crippen molar-refractivity contribution in [3.05, 3.63) is 48.2 Å². The lowest BCUT2D eigenvalue weighted by atomic mass is 10.0. The molecular formula is C19H24N2O. The fourth-order valence-electron chi connectivity index (χ4n) is 2.49. The summed E-state index contributed by atoms with van der Waals surface area (Å²) in [6.07, 6.45) is 6.61. The summed E-state index contributed by atoms with van der Waals surface area (Å²) in [5.41, 5.74) is 3.07. The summed E-state index contributed by atoms with van der Waals surface area (Å²) < 4.78 is 0. The van der Waals surface area contributed by atoms with Gasteiger partial charge in [0, 0.05) is 18.0 Å². The second-order valence-corrected chi connectivity index (χ2v) is 6.09. The number of amides is 1. The minimum absolute atomic E-state index is 0.0704. The van der Waals surface area contributed by atoms with Crippen LogP contribution in [0.15, 0.2) is 48.2 Å². The van der Waals surface area contributed by atoms with Gasteiger partial charge in [0.25, 0.3) is 0 Å². The molecule has 0 aliphatic heterocycles. The third-order valence-electron chi connectivity index (χ3n) is 3.67. The Balaban J connectivity index is 1.95. The van der Waals surface area contributed by atoms with Gasteiger partial charge in [-0.05, 0) is 56.9 Å². The number of hydrogen-bond acceptors (Lipinski definition) is 2. The van der Waals surface area contributed by atoms with Gasteiger partial charge >= 0.3 is 0 Å². The first kappa shape index (κ1) is 16.2. The van der Waals surface area contributed by atoms with Crippen molar-refractivity contribution in [1.82, 2.24) is 4.98 Å². The number of allylic oxidation sites excluding steroid dienone is 2. The van der Waals surface area contributed by atoms with Crippen LogP contribution in [0.2, 0.25) is 0 Å². The van der Waals surface area contributed by atoms with Crippen LogP contribution < -0.4 is 5.32 Å². The van der Waals surface area contributed by atoms with Gasteiger partial charge in [-0.25, -0.2) is 0 Å². The predicted octanol–water partition coefficient (Wildman–Crippen LogP) is 4.95. The number of carbonyl (C=O) groups is 1. The Morgan fingerprint density at radius 3 is 2.86 bits per heavy atom. The van der Waals surface area contributed by atoms with Gasteiger partial charge < -0.3 is 5.32 Å². The minimum atomic E-state index is 0.0704. The van der Waals surface area contributed by atoms with E-state index in [-0.39, 0.29) is 5.91 Å². The van der Waals surface area contributed by atoms with E-state index in [1.165, 1.54) is 5.57 Å². The highest BCUT2D eigenvalue weighted by Crippen LogP contribution is 2.22. The van der Waals surface area contributed by atoms with Gasteiger partial charge in [0.05, 0.1) is 11.2 Å². The van der Waals surface area contributed by atoms with Gasteiger partial charge in [-0.3, -0.25) is 9.78 Å². The van der Waals surface area contributed by atoms with Crippen LogP contribution in [-0.2, 0) is 4.79 Å². The molecule has 3 heteroatoms. The van der Waals surface area contributed by atoms with Crippen LogP contribution in [0.3, 0.4) is 0 Å². The second-order valence-electron chi connectivity index (χ2n) is 6.09. The zero-order valence-corrected chi connectivity index (χ0v) is 13.6. The maximum atomic E-state index is 12.2. The lowest BCUT2D eigenvalue weighted by Gasteiger charge is -2.12. The molecule has 0 bridgehead atoms. The van der Waals surface area contributed by atoms with Crippen LogP contribution in [-0.4, -0.2) is 10.9 Å². The topological polar surface area (TPSA) is 42.0 Å². The first-order valence-electron chi connectivity index (χ1n) is 7.83. The number of benzene rings is 1. The molecule has 2 rings (SSSR count). The van der Waals surface area contributed by atoms with Crippen molar-refractivity contribution in [2.45, 2.75) is 40.0 Å². The first-order valence-corrected chi connectivity index (χ1v) is 7.83. The molecule has 0 radical (unpaired) electrons. The number of nitrogens with zero attached hydrogens (tertiary/aromatic N) is 1. The Morgan fingerprint density at radius 2 is 2.09 bits per heavy atom. The van der Waals surface area contributed by atoms with E-state index in [9.17, 15) is 4.79 Å². The van der Waals surface area contributed by atoms with E-state index < -0.39 is 0 Å². The molecule has 1 N–H and O–H groups in total. The number of anilines is 1. The first-order chi connectivity index (χ1) is 10.6. The van der Waals surface area contributed by atoms with E-state index in [2.05, 4.69) is 37.1 Å². The van der Waals surface area contributed by atoms with Gasteiger partial charge in [-0.15, -0.1) is 0 Å². The molecule has 116 valence electrons. The maximum Gasteiger partial charge on any atom is 0.224 e. The highest BCUT2D eigenvalue weighted by molar-refractivity contribution is 6.00. The van der Waals surface area contributed by atoms with Crippen molar-refractivity contribution >= 4 is 22.5 Å². The number of rotatable bonds is 6. The third-order valence-corrected chi connectivity index (χ3v) is 3.67. The molecule has 1 amide bonds. The number of fused-ring (bicyclic) bond motifs is 1. The van der Waals surface area contributed by atoms with Gasteiger partial charge in [-0.2, -0.15) is 0 Å². The largest absolute Gasteiger partial charge is 0.325 e. The predicted molar refractivity (Wildman–Crippen MR) is 92.8 cm³/mol. The zero-order valence-electron chi connectivity index (χ0n) is 13.6. The second kappa shape index (κ2) is 7.74. The molecule has 3 nitrogen and oxygen atoms in total. The van der Waals surface area contributed by atoms with Crippen LogP contribution in [0.1, 0.15) is 40.0 Å². The van der Waals surface area contributed by atoms with Crippen molar-refractivity contribution < 1.29 is 4.79 Å². The Labute approximate surface area is 132 Å². The maximum absolute atomic E-state index is 12.2. The molecule has 0 aliphatic rings. The Morgan fingerprint density at radius 1 is 1.27 bits per heavy atom. The van der Waals surface area contributed by atoms with Crippen molar-refractivity contribution in [1.29, 1.82) is 0 Å². The SMILES string of the molecule is CC(C)=CCCC(C)CC(=O)Nc1cccc2ncccc12. The quantitative estimate of drug-likeness (QED) is 0.767. The molecular weight excluding hydrogens is 272 g/mol. The summed E-state index contributed by atoms with van der Waals surface area (Å²) >= 11 is 0. The molecule has 0 saturated heterocycles. The van der Waals surface area contributed by atoms with Crippen molar-refractivity contribution in [3.63, 3.8) is 0 Å². The van der Waals surface area contributed by atoms with Crippen LogP contribution in [0.5, 0.6) is 0 Å². The molecule has 1 atom stereocenters. The Bertz CT molecular complexity index is 667. The van der Waals surface area contributed by atoms with E-state index in [4.69, 9.17) is 0 Å². The standard InChI is InChI=1S/C19H24N2O/c1-14(2)7-4-8-15(3)13-19(22)21-18-11-5-10-17-16(18)9-6-12-20-17/h5-7,9-12,15H,4,8,13H2,1-3H3,(H,21,22). The third kappa shape index (κ3) is 4.69. The summed E-state index contributed by atoms with van der Waals surface area (Å²) in [5, 5.41) is 4.00. The summed E-state index contributed by atoms with van der Waals surface area (Å²) in [7, 11) is 0. The fourth-order valence-corrected chi connectivity index (χ4v) is 2.49. The number of aromatic nitrogens is 1. The fraction of sp³-hybridized carbons (Fsp3) is 0.368. The number of pyridine rings is 1. The van der Waals surface area contributed by atoms with Crippen LogP contribution in [0.25, 0.3) is 10.9 Å². The van der Waals surface area contributed by atoms with Crippen LogP contribution in [0.4, 0.5) is 5.69 Å². The molecule has 0 spiro atoms. The van der Waals surface area contributed by atoms with Gasteiger partial charge in [0.15, 0.2) is 0 Å². The molecule has 22 heavy (non-hydrogen) atoms. The number of nitrogens with one attached hydrogen (secondary N) is 1. The summed E-state index contributed by atoms with van der Waals surface area (Å²) in [6.45, 7) is 6.33. The lowest BCUT2D eigenvalue weighted by molar-refractivity contribution is -0.117. The lowest BCUT2D eigenvalue weighted by Crippen LogP contribution is -2.15. The monoisotopic (exact) mass is 296 g/mol. The minimum Gasteiger partial charge on any atom is -0.325 e. The van der Waals surface area contributed by atoms with E-state index >= 15 is 0 Å². The summed E-state index contributed by atoms with van der Waals surface area (Å²) in [6, 6.07) is 9.67. The van der Waals surface area contributed by atoms with Gasteiger partial charge in [0.2, 0.25) is 5.91 Å². The number of carbonyl (C=O) groups excluding carboxylic acids is 1. The van der Waals surface area contributed by atoms with E-state index in [1.54, 1.807) is 6.20 Å². The average Bonchev–Trinajstić information content (AvgIpc) is 2.47. The van der Waals surface area contributed by atoms with Crippen LogP contribution >= 0.6 is 0 Å². The van der Waals surface area contributed by atoms with E-state index in [1.807, 2.05) is 30.3 Å². The van der Waals surface area contributed by atoms with Crippen molar-refractivity contribution in [2.24, 2.45) is 5.92 Å². The summed E-state index contributed by atoms with van der Waals surface area (Å²) in [5.74, 6) is 0.449. The van der Waals surface area contributed by atoms with E-state index in [0.717, 1.165) is 29.4 Å². The smallest absolute Gasteiger partial charge is 0.224 e. The Kier molecular flexibility index (Phi) is 5.70. The average molecular weight is 296 g/mol. The van der Waals surface area contributed by atoms with Crippen LogP contribution in [0, 0.1) is 5.92 Å². The molecule has 1 unspecified atom stereocenters. The van der Waals surface area contributed by atoms with Gasteiger partial charge in [0.1, 0.15) is 0 Å². The highest BCUT2D eigenvalue weighted by atomic mass is 16.1. The molecule has 1 heterocycles. The van der Waals surface area contributed by atoms with Gasteiger partial charge in [-0.1, -0.05) is 24.6 Å². The summed E-state index contributed by atoms with van der Waals surface area (Å²) in [4.78, 5) is 16.5. The Hall–Kier alpha value is -2.16.